The molecule has 0 saturated heterocycles. The van der Waals surface area contributed by atoms with Crippen molar-refractivity contribution < 1.29 is 4.42 Å². The number of nitrogens with zero attached hydrogens (tertiary/aromatic N) is 1. The van der Waals surface area contributed by atoms with Crippen LogP contribution in [0.1, 0.15) is 18.4 Å². The number of hydrogen-bond acceptors (Lipinski definition) is 2. The van der Waals surface area contributed by atoms with Crippen molar-refractivity contribution in [3.8, 4) is 0 Å². The summed E-state index contributed by atoms with van der Waals surface area (Å²) in [6.45, 7) is 6.06. The van der Waals surface area contributed by atoms with Gasteiger partial charge in [0.05, 0.1) is 6.54 Å². The Kier molecular flexibility index (Phi) is 2.71. The molecule has 0 amide bonds. The Balaban J connectivity index is 2.50. The molecule has 0 aliphatic rings. The predicted molar refractivity (Wildman–Crippen MR) is 45.5 cm³/mol. The van der Waals surface area contributed by atoms with Crippen LogP contribution in [0.4, 0.5) is 0 Å². The summed E-state index contributed by atoms with van der Waals surface area (Å²) in [5.74, 6) is 2.04. The minimum atomic E-state index is 0.907. The summed E-state index contributed by atoms with van der Waals surface area (Å²) in [5.41, 5.74) is 0. The molecule has 1 rings (SSSR count). The average molecular weight is 153 g/mol. The lowest BCUT2D eigenvalue weighted by Crippen LogP contribution is -2.16. The standard InChI is InChI=1S/C9H15NO/c1-4-10(3)7-9-6-5-8(2)11-9/h5-6H,4,7H2,1-3H3. The maximum atomic E-state index is 5.41. The van der Waals surface area contributed by atoms with Crippen LogP contribution in [0.15, 0.2) is 16.5 Å². The Morgan fingerprint density at radius 3 is 2.64 bits per heavy atom. The van der Waals surface area contributed by atoms with Crippen LogP contribution in [-0.2, 0) is 6.54 Å². The van der Waals surface area contributed by atoms with Gasteiger partial charge in [0.25, 0.3) is 0 Å². The molecule has 2 nitrogen and oxygen atoms in total. The summed E-state index contributed by atoms with van der Waals surface area (Å²) in [6, 6.07) is 4.03. The topological polar surface area (TPSA) is 16.4 Å². The SMILES string of the molecule is CCN(C)Cc1ccc(C)o1. The molecule has 1 heterocycles. The lowest BCUT2D eigenvalue weighted by Gasteiger charge is -2.10. The molecule has 0 atom stereocenters. The van der Waals surface area contributed by atoms with E-state index in [1.54, 1.807) is 0 Å². The maximum Gasteiger partial charge on any atom is 0.118 e. The largest absolute Gasteiger partial charge is 0.465 e. The lowest BCUT2D eigenvalue weighted by atomic mass is 10.4. The molecule has 0 bridgehead atoms. The first-order valence-electron chi connectivity index (χ1n) is 3.96. The van der Waals surface area contributed by atoms with Crippen LogP contribution < -0.4 is 0 Å². The van der Waals surface area contributed by atoms with E-state index in [4.69, 9.17) is 4.42 Å². The van der Waals surface area contributed by atoms with Gasteiger partial charge in [-0.25, -0.2) is 0 Å². The van der Waals surface area contributed by atoms with E-state index in [0.717, 1.165) is 24.6 Å². The Morgan fingerprint density at radius 1 is 1.45 bits per heavy atom. The lowest BCUT2D eigenvalue weighted by molar-refractivity contribution is 0.306. The highest BCUT2D eigenvalue weighted by Crippen LogP contribution is 2.07. The first-order valence-corrected chi connectivity index (χ1v) is 3.96. The van der Waals surface area contributed by atoms with Gasteiger partial charge in [0.2, 0.25) is 0 Å². The molecule has 0 unspecified atom stereocenters. The zero-order valence-electron chi connectivity index (χ0n) is 7.42. The van der Waals surface area contributed by atoms with Gasteiger partial charge in [-0.15, -0.1) is 0 Å². The van der Waals surface area contributed by atoms with E-state index in [1.807, 2.05) is 19.1 Å². The van der Waals surface area contributed by atoms with Gasteiger partial charge < -0.3 is 4.42 Å². The molecule has 62 valence electrons. The van der Waals surface area contributed by atoms with Crippen molar-refractivity contribution in [3.05, 3.63) is 23.7 Å². The zero-order chi connectivity index (χ0) is 8.27. The highest BCUT2D eigenvalue weighted by molar-refractivity contribution is 5.05. The monoisotopic (exact) mass is 153 g/mol. The van der Waals surface area contributed by atoms with Crippen LogP contribution in [0.3, 0.4) is 0 Å². The van der Waals surface area contributed by atoms with Crippen molar-refractivity contribution in [1.82, 2.24) is 4.90 Å². The van der Waals surface area contributed by atoms with Crippen LogP contribution in [0, 0.1) is 6.92 Å². The second-order valence-corrected chi connectivity index (χ2v) is 2.84. The summed E-state index contributed by atoms with van der Waals surface area (Å²) in [5, 5.41) is 0. The van der Waals surface area contributed by atoms with E-state index < -0.39 is 0 Å². The highest BCUT2D eigenvalue weighted by atomic mass is 16.3. The number of furan rings is 1. The molecule has 0 aromatic carbocycles. The highest BCUT2D eigenvalue weighted by Gasteiger charge is 2.00. The van der Waals surface area contributed by atoms with Gasteiger partial charge in [-0.1, -0.05) is 6.92 Å². The fourth-order valence-corrected chi connectivity index (χ4v) is 0.948. The molecular weight excluding hydrogens is 138 g/mol. The van der Waals surface area contributed by atoms with Crippen LogP contribution in [0.5, 0.6) is 0 Å². The van der Waals surface area contributed by atoms with Gasteiger partial charge >= 0.3 is 0 Å². The molecule has 0 N–H and O–H groups in total. The molecule has 11 heavy (non-hydrogen) atoms. The second kappa shape index (κ2) is 3.58. The van der Waals surface area contributed by atoms with Crippen LogP contribution in [0.2, 0.25) is 0 Å². The van der Waals surface area contributed by atoms with Gasteiger partial charge in [-0.05, 0) is 32.6 Å². The van der Waals surface area contributed by atoms with Gasteiger partial charge in [0.15, 0.2) is 0 Å². The van der Waals surface area contributed by atoms with Crippen LogP contribution in [-0.4, -0.2) is 18.5 Å². The summed E-state index contributed by atoms with van der Waals surface area (Å²) < 4.78 is 5.41. The van der Waals surface area contributed by atoms with Crippen molar-refractivity contribution in [1.29, 1.82) is 0 Å². The normalized spacial score (nSPS) is 10.9. The molecular formula is C9H15NO. The summed E-state index contributed by atoms with van der Waals surface area (Å²) in [6.07, 6.45) is 0. The molecule has 2 heteroatoms. The molecule has 1 aromatic heterocycles. The Morgan fingerprint density at radius 2 is 2.18 bits per heavy atom. The van der Waals surface area contributed by atoms with Gasteiger partial charge in [-0.2, -0.15) is 0 Å². The van der Waals surface area contributed by atoms with Gasteiger partial charge in [0.1, 0.15) is 11.5 Å². The van der Waals surface area contributed by atoms with E-state index >= 15 is 0 Å². The average Bonchev–Trinajstić information content (AvgIpc) is 2.35. The molecule has 1 aromatic rings. The summed E-state index contributed by atoms with van der Waals surface area (Å²) >= 11 is 0. The minimum absolute atomic E-state index is 0.907. The van der Waals surface area contributed by atoms with Crippen molar-refractivity contribution >= 4 is 0 Å². The molecule has 0 fully saturated rings. The Hall–Kier alpha value is -0.760. The van der Waals surface area contributed by atoms with E-state index in [1.165, 1.54) is 0 Å². The van der Waals surface area contributed by atoms with Crippen molar-refractivity contribution in [3.63, 3.8) is 0 Å². The fourth-order valence-electron chi connectivity index (χ4n) is 0.948. The zero-order valence-corrected chi connectivity index (χ0v) is 7.42. The van der Waals surface area contributed by atoms with E-state index in [-0.39, 0.29) is 0 Å². The maximum absolute atomic E-state index is 5.41. The Labute approximate surface area is 67.8 Å². The second-order valence-electron chi connectivity index (χ2n) is 2.84. The number of hydrogen-bond donors (Lipinski definition) is 0. The van der Waals surface area contributed by atoms with Crippen molar-refractivity contribution in [2.75, 3.05) is 13.6 Å². The molecule has 0 aliphatic heterocycles. The van der Waals surface area contributed by atoms with Crippen LogP contribution in [0.25, 0.3) is 0 Å². The molecule has 0 spiro atoms. The number of aryl methyl sites for hydroxylation is 1. The smallest absolute Gasteiger partial charge is 0.118 e. The first kappa shape index (κ1) is 8.34. The third kappa shape index (κ3) is 2.39. The Bertz CT molecular complexity index is 217. The quantitative estimate of drug-likeness (QED) is 0.660. The predicted octanol–water partition coefficient (Wildman–Crippen LogP) is 2.04. The van der Waals surface area contributed by atoms with E-state index in [9.17, 15) is 0 Å². The van der Waals surface area contributed by atoms with Gasteiger partial charge in [-0.3, -0.25) is 4.90 Å². The van der Waals surface area contributed by atoms with E-state index in [2.05, 4.69) is 18.9 Å². The minimum Gasteiger partial charge on any atom is -0.465 e. The van der Waals surface area contributed by atoms with Gasteiger partial charge in [0, 0.05) is 0 Å². The van der Waals surface area contributed by atoms with Crippen LogP contribution >= 0.6 is 0 Å². The molecule has 0 saturated carbocycles. The fraction of sp³-hybridized carbons (Fsp3) is 0.556. The number of rotatable bonds is 3. The summed E-state index contributed by atoms with van der Waals surface area (Å²) in [7, 11) is 2.08. The summed E-state index contributed by atoms with van der Waals surface area (Å²) in [4.78, 5) is 2.21. The first-order chi connectivity index (χ1) is 5.22. The van der Waals surface area contributed by atoms with Crippen molar-refractivity contribution in [2.45, 2.75) is 20.4 Å². The van der Waals surface area contributed by atoms with E-state index in [0.29, 0.717) is 0 Å². The van der Waals surface area contributed by atoms with Crippen molar-refractivity contribution in [2.24, 2.45) is 0 Å². The third-order valence-electron chi connectivity index (χ3n) is 1.76. The molecule has 0 radical (unpaired) electrons. The molecule has 0 aliphatic carbocycles. The third-order valence-corrected chi connectivity index (χ3v) is 1.76.